The molecular formula is C40H45F3N2O8Si. The number of fused-ring (bicyclic) bond motifs is 4. The van der Waals surface area contributed by atoms with Crippen molar-refractivity contribution in [2.24, 2.45) is 11.8 Å². The predicted octanol–water partition coefficient (Wildman–Crippen LogP) is 8.73. The summed E-state index contributed by atoms with van der Waals surface area (Å²) in [6.45, 7) is 19.5. The van der Waals surface area contributed by atoms with Gasteiger partial charge in [0.2, 0.25) is 5.78 Å². The first-order chi connectivity index (χ1) is 25.3. The lowest BCUT2D eigenvalue weighted by Crippen LogP contribution is -2.65. The van der Waals surface area contributed by atoms with Crippen molar-refractivity contribution in [3.8, 4) is 17.4 Å². The lowest BCUT2D eigenvalue weighted by atomic mass is 9.58. The number of aromatic nitrogens is 1. The second-order valence-electron chi connectivity index (χ2n) is 15.7. The Morgan fingerprint density at radius 3 is 2.31 bits per heavy atom. The predicted molar refractivity (Wildman–Crippen MR) is 196 cm³/mol. The standard InChI is InChI=1S/C40H45F3N2O8Si/c1-9-16-45(17-10-2)31-26-20-24-19-25-27(51-40(41,42)43)18-22(3)32(46)29(25)33(47)28(24)35(48)39(26,53-54(7,8)38(4,5)6)36(49)30-34(31)52-44-37(30)50-21-23-14-12-11-13-15-23/h9-15,18,24,26,31,46,48H,1-2,16-17,19-21H2,3-8H3/t24-,26-,31-,39-/m0/s1. The van der Waals surface area contributed by atoms with E-state index in [4.69, 9.17) is 13.7 Å². The zero-order valence-corrected chi connectivity index (χ0v) is 32.2. The van der Waals surface area contributed by atoms with Gasteiger partial charge in [-0.25, -0.2) is 0 Å². The highest BCUT2D eigenvalue weighted by atomic mass is 28.4. The maximum atomic E-state index is 15.5. The molecule has 0 radical (unpaired) electrons. The van der Waals surface area contributed by atoms with E-state index < -0.39 is 77.6 Å². The maximum Gasteiger partial charge on any atom is 0.573 e. The number of nitrogens with zero attached hydrogens (tertiary/aromatic N) is 2. The summed E-state index contributed by atoms with van der Waals surface area (Å²) in [6, 6.07) is 9.41. The van der Waals surface area contributed by atoms with Crippen molar-refractivity contribution in [1.29, 1.82) is 0 Å². The molecule has 1 heterocycles. The number of allylic oxidation sites excluding steroid dienone is 1. The number of alkyl halides is 3. The number of hydrogen-bond donors (Lipinski definition) is 2. The van der Waals surface area contributed by atoms with E-state index in [2.05, 4.69) is 23.1 Å². The summed E-state index contributed by atoms with van der Waals surface area (Å²) in [5, 5.41) is 27.7. The minimum absolute atomic E-state index is 0.0131. The van der Waals surface area contributed by atoms with Crippen LogP contribution in [0.4, 0.5) is 13.2 Å². The highest BCUT2D eigenvalue weighted by Crippen LogP contribution is 2.60. The Hall–Kier alpha value is -4.66. The van der Waals surface area contributed by atoms with Crippen LogP contribution in [0.3, 0.4) is 0 Å². The molecule has 0 aliphatic heterocycles. The number of hydrogen-bond acceptors (Lipinski definition) is 10. The van der Waals surface area contributed by atoms with Crippen molar-refractivity contribution in [3.63, 3.8) is 0 Å². The van der Waals surface area contributed by atoms with E-state index >= 15 is 4.79 Å². The van der Waals surface area contributed by atoms with Gasteiger partial charge < -0.3 is 28.6 Å². The van der Waals surface area contributed by atoms with Crippen molar-refractivity contribution in [1.82, 2.24) is 10.1 Å². The van der Waals surface area contributed by atoms with Crippen molar-refractivity contribution in [3.05, 3.63) is 107 Å². The van der Waals surface area contributed by atoms with Crippen molar-refractivity contribution >= 4 is 19.9 Å². The van der Waals surface area contributed by atoms with Gasteiger partial charge in [-0.2, -0.15) is 0 Å². The zero-order valence-electron chi connectivity index (χ0n) is 31.2. The number of carbonyl (C=O) groups excluding carboxylic acids is 2. The number of phenols is 1. The third kappa shape index (κ3) is 6.47. The van der Waals surface area contributed by atoms with Crippen LogP contribution in [0.5, 0.6) is 17.4 Å². The fourth-order valence-electron chi connectivity index (χ4n) is 7.79. The van der Waals surface area contributed by atoms with E-state index in [1.54, 1.807) is 12.2 Å². The molecular weight excluding hydrogens is 722 g/mol. The molecule has 6 rings (SSSR count). The molecule has 2 N–H and O–H groups in total. The van der Waals surface area contributed by atoms with Gasteiger partial charge in [0.05, 0.1) is 11.6 Å². The first-order valence-corrected chi connectivity index (χ1v) is 20.6. The lowest BCUT2D eigenvalue weighted by Gasteiger charge is -2.55. The second kappa shape index (κ2) is 13.9. The van der Waals surface area contributed by atoms with Gasteiger partial charge >= 0.3 is 6.36 Å². The van der Waals surface area contributed by atoms with Crippen molar-refractivity contribution in [2.75, 3.05) is 13.1 Å². The Bertz CT molecular complexity index is 2020. The van der Waals surface area contributed by atoms with E-state index in [-0.39, 0.29) is 66.4 Å². The summed E-state index contributed by atoms with van der Waals surface area (Å²) in [6.07, 6.45) is -1.99. The van der Waals surface area contributed by atoms with Crippen LogP contribution in [0.1, 0.15) is 76.4 Å². The van der Waals surface area contributed by atoms with Gasteiger partial charge in [0.25, 0.3) is 5.88 Å². The van der Waals surface area contributed by atoms with Gasteiger partial charge in [-0.3, -0.25) is 14.5 Å². The number of ether oxygens (including phenoxy) is 2. The zero-order chi connectivity index (χ0) is 39.5. The summed E-state index contributed by atoms with van der Waals surface area (Å²) in [4.78, 5) is 32.0. The number of aromatic hydroxyl groups is 1. The van der Waals surface area contributed by atoms with Gasteiger partial charge in [-0.15, -0.1) is 26.3 Å². The Morgan fingerprint density at radius 2 is 1.72 bits per heavy atom. The van der Waals surface area contributed by atoms with Gasteiger partial charge in [-0.1, -0.05) is 63.3 Å². The monoisotopic (exact) mass is 766 g/mol. The van der Waals surface area contributed by atoms with E-state index in [0.717, 1.165) is 11.6 Å². The Morgan fingerprint density at radius 1 is 1.07 bits per heavy atom. The smallest absolute Gasteiger partial charge is 0.508 e. The van der Waals surface area contributed by atoms with E-state index in [0.29, 0.717) is 0 Å². The number of carbonyl (C=O) groups is 2. The largest absolute Gasteiger partial charge is 0.573 e. The summed E-state index contributed by atoms with van der Waals surface area (Å²) in [7, 11) is -3.06. The number of Topliss-reactive ketones (excluding diaryl/α,β-unsaturated/α-hetero) is 2. The molecule has 0 fully saturated rings. The quantitative estimate of drug-likeness (QED) is 0.144. The lowest BCUT2D eigenvalue weighted by molar-refractivity contribution is -0.275. The summed E-state index contributed by atoms with van der Waals surface area (Å²) >= 11 is 0. The number of halogens is 3. The molecule has 3 aliphatic carbocycles. The molecule has 288 valence electrons. The molecule has 1 aromatic heterocycles. The van der Waals surface area contributed by atoms with Crippen LogP contribution in [0.2, 0.25) is 18.1 Å². The normalized spacial score (nSPS) is 22.7. The van der Waals surface area contributed by atoms with Crippen LogP contribution in [0.25, 0.3) is 0 Å². The summed E-state index contributed by atoms with van der Waals surface area (Å²) < 4.78 is 64.7. The summed E-state index contributed by atoms with van der Waals surface area (Å²) in [5.74, 6) is -5.31. The second-order valence-corrected chi connectivity index (χ2v) is 20.4. The number of aryl methyl sites for hydroxylation is 1. The Labute approximate surface area is 313 Å². The minimum Gasteiger partial charge on any atom is -0.508 e. The highest BCUT2D eigenvalue weighted by molar-refractivity contribution is 6.74. The van der Waals surface area contributed by atoms with Crippen LogP contribution >= 0.6 is 0 Å². The van der Waals surface area contributed by atoms with Crippen LogP contribution in [-0.2, 0) is 17.5 Å². The van der Waals surface area contributed by atoms with Crippen molar-refractivity contribution < 1.29 is 51.4 Å². The molecule has 0 spiro atoms. The molecule has 0 unspecified atom stereocenters. The Kier molecular flexibility index (Phi) is 10.0. The molecule has 0 saturated carbocycles. The first kappa shape index (κ1) is 39.0. The fraction of sp³-hybridized carbons (Fsp3) is 0.425. The fourth-order valence-corrected chi connectivity index (χ4v) is 9.25. The SMILES string of the molecule is C=CCN(CC=C)[C@@H]1c2onc(OCc3ccccc3)c2C(=O)[C@@]2(O[Si](C)(C)C(C)(C)C)C(O)=C3C(=O)c4c(O)c(C)cc(OC(F)(F)F)c4C[C@H]3C[C@@H]12. The minimum atomic E-state index is -5.09. The molecule has 4 atom stereocenters. The van der Waals surface area contributed by atoms with Gasteiger partial charge in [0, 0.05) is 30.1 Å². The van der Waals surface area contributed by atoms with Crippen LogP contribution < -0.4 is 9.47 Å². The number of benzene rings is 2. The molecule has 10 nitrogen and oxygen atoms in total. The maximum absolute atomic E-state index is 15.5. The molecule has 54 heavy (non-hydrogen) atoms. The number of phenolic OH excluding ortho intramolecular Hbond substituents is 1. The summed E-state index contributed by atoms with van der Waals surface area (Å²) in [5.41, 5.74) is -2.28. The average molecular weight is 767 g/mol. The van der Waals surface area contributed by atoms with Crippen LogP contribution in [0, 0.1) is 18.8 Å². The van der Waals surface area contributed by atoms with E-state index in [1.807, 2.05) is 69.1 Å². The number of aliphatic hydroxyl groups excluding tert-OH is 1. The van der Waals surface area contributed by atoms with E-state index in [1.165, 1.54) is 6.92 Å². The van der Waals surface area contributed by atoms with Crippen LogP contribution in [-0.4, -0.2) is 65.2 Å². The third-order valence-corrected chi connectivity index (χ3v) is 15.7. The van der Waals surface area contributed by atoms with Gasteiger partial charge in [-0.05, 0) is 66.2 Å². The van der Waals surface area contributed by atoms with E-state index in [9.17, 15) is 28.2 Å². The molecule has 3 aromatic rings. The van der Waals surface area contributed by atoms with Gasteiger partial charge in [0.15, 0.2) is 25.5 Å². The molecule has 0 saturated heterocycles. The number of rotatable bonds is 11. The first-order valence-electron chi connectivity index (χ1n) is 17.7. The molecule has 3 aliphatic rings. The molecule has 14 heteroatoms. The third-order valence-electron chi connectivity index (χ3n) is 11.2. The average Bonchev–Trinajstić information content (AvgIpc) is 3.50. The molecule has 0 bridgehead atoms. The van der Waals surface area contributed by atoms with Crippen molar-refractivity contribution in [2.45, 2.75) is 83.3 Å². The molecule has 0 amide bonds. The number of ketones is 2. The topological polar surface area (TPSA) is 132 Å². The highest BCUT2D eigenvalue weighted by Gasteiger charge is 2.67. The van der Waals surface area contributed by atoms with Crippen LogP contribution in [0.15, 0.2) is 77.6 Å². The number of aliphatic hydroxyl groups is 1. The molecule has 2 aromatic carbocycles. The van der Waals surface area contributed by atoms with Gasteiger partial charge in [0.1, 0.15) is 29.4 Å². The Balaban J connectivity index is 1.64.